The normalized spacial score (nSPS) is 18.9. The lowest BCUT2D eigenvalue weighted by Gasteiger charge is -2.43. The molecule has 0 saturated heterocycles. The first-order valence-electron chi connectivity index (χ1n) is 9.16. The number of carbonyl (C=O) groups excluding carboxylic acids is 3. The average Bonchev–Trinajstić information content (AvgIpc) is 2.72. The van der Waals surface area contributed by atoms with Crippen LogP contribution in [0.25, 0.3) is 0 Å². The molecule has 1 aromatic heterocycles. The number of aromatic nitrogens is 2. The van der Waals surface area contributed by atoms with Crippen LogP contribution in [0.3, 0.4) is 0 Å². The van der Waals surface area contributed by atoms with Gasteiger partial charge in [0.25, 0.3) is 5.91 Å². The van der Waals surface area contributed by atoms with E-state index in [0.717, 1.165) is 12.8 Å². The molecule has 2 N–H and O–H groups in total. The van der Waals surface area contributed by atoms with E-state index in [0.29, 0.717) is 23.4 Å². The Hall–Kier alpha value is -3.00. The van der Waals surface area contributed by atoms with Gasteiger partial charge in [-0.25, -0.2) is 14.8 Å². The molecule has 0 unspecified atom stereocenters. The summed E-state index contributed by atoms with van der Waals surface area (Å²) >= 11 is 6.38. The number of nitrogen functional groups attached to an aromatic ring is 1. The molecule has 1 aliphatic rings. The number of amides is 1. The Bertz CT molecular complexity index is 952. The predicted molar refractivity (Wildman–Crippen MR) is 106 cm³/mol. The maximum Gasteiger partial charge on any atom is 0.361 e. The number of ketones is 1. The van der Waals surface area contributed by atoms with Crippen molar-refractivity contribution in [2.75, 3.05) is 19.4 Å². The van der Waals surface area contributed by atoms with Crippen molar-refractivity contribution in [1.29, 1.82) is 0 Å². The van der Waals surface area contributed by atoms with Crippen LogP contribution < -0.4 is 5.73 Å². The van der Waals surface area contributed by atoms with Gasteiger partial charge in [-0.3, -0.25) is 9.59 Å². The summed E-state index contributed by atoms with van der Waals surface area (Å²) in [6, 6.07) is 6.99. The monoisotopic (exact) mass is 416 g/mol. The number of benzene rings is 1. The second-order valence-electron chi connectivity index (χ2n) is 6.79. The summed E-state index contributed by atoms with van der Waals surface area (Å²) in [7, 11) is 1.53. The van der Waals surface area contributed by atoms with Crippen LogP contribution in [-0.4, -0.2) is 46.2 Å². The third-order valence-electron chi connectivity index (χ3n) is 5.17. The van der Waals surface area contributed by atoms with Crippen molar-refractivity contribution in [1.82, 2.24) is 14.9 Å². The van der Waals surface area contributed by atoms with E-state index in [9.17, 15) is 14.4 Å². The summed E-state index contributed by atoms with van der Waals surface area (Å²) < 4.78 is 5.07. The highest BCUT2D eigenvalue weighted by Crippen LogP contribution is 2.42. The zero-order chi connectivity index (χ0) is 21.0. The first-order chi connectivity index (χ1) is 13.9. The van der Waals surface area contributed by atoms with Crippen LogP contribution in [0.1, 0.15) is 41.7 Å². The second-order valence-corrected chi connectivity index (χ2v) is 7.20. The second kappa shape index (κ2) is 8.57. The fraction of sp³-hybridized carbons (Fsp3) is 0.350. The maximum absolute atomic E-state index is 13.0. The van der Waals surface area contributed by atoms with Crippen LogP contribution in [0.2, 0.25) is 5.02 Å². The lowest BCUT2D eigenvalue weighted by molar-refractivity contribution is -0.150. The van der Waals surface area contributed by atoms with E-state index in [1.165, 1.54) is 24.3 Å². The number of Topliss-reactive ketones (excluding diaryl/α,β-unsaturated/α-hetero) is 1. The van der Waals surface area contributed by atoms with Crippen molar-refractivity contribution in [2.45, 2.75) is 31.2 Å². The molecule has 29 heavy (non-hydrogen) atoms. The van der Waals surface area contributed by atoms with Gasteiger partial charge < -0.3 is 15.4 Å². The van der Waals surface area contributed by atoms with E-state index < -0.39 is 24.0 Å². The van der Waals surface area contributed by atoms with Gasteiger partial charge in [0.15, 0.2) is 23.9 Å². The minimum absolute atomic E-state index is 0.0859. The topological polar surface area (TPSA) is 115 Å². The van der Waals surface area contributed by atoms with Gasteiger partial charge in [-0.2, -0.15) is 0 Å². The molecule has 2 aromatic rings. The Labute approximate surface area is 173 Å². The first kappa shape index (κ1) is 20.7. The van der Waals surface area contributed by atoms with Crippen molar-refractivity contribution in [2.24, 2.45) is 0 Å². The number of esters is 1. The quantitative estimate of drug-likeness (QED) is 0.743. The molecule has 0 aliphatic heterocycles. The molecular formula is C20H21ClN4O4. The van der Waals surface area contributed by atoms with Crippen molar-refractivity contribution < 1.29 is 19.1 Å². The van der Waals surface area contributed by atoms with Crippen LogP contribution >= 0.6 is 11.6 Å². The SMILES string of the molecule is CN(C(=O)COC(=O)c1nccnc1N)[C@@]1(c2ccccc2Cl)CCCCC1=O. The Morgan fingerprint density at radius 3 is 2.66 bits per heavy atom. The van der Waals surface area contributed by atoms with Crippen molar-refractivity contribution in [3.05, 3.63) is 52.9 Å². The van der Waals surface area contributed by atoms with Crippen LogP contribution in [0.4, 0.5) is 5.82 Å². The number of nitrogens with zero attached hydrogens (tertiary/aromatic N) is 3. The maximum atomic E-state index is 13.0. The molecule has 8 nitrogen and oxygen atoms in total. The third-order valence-corrected chi connectivity index (χ3v) is 5.50. The third kappa shape index (κ3) is 3.93. The van der Waals surface area contributed by atoms with Gasteiger partial charge in [0.1, 0.15) is 5.54 Å². The number of rotatable bonds is 5. The van der Waals surface area contributed by atoms with E-state index >= 15 is 0 Å². The molecule has 1 amide bonds. The van der Waals surface area contributed by atoms with Gasteiger partial charge in [-0.05, 0) is 25.3 Å². The van der Waals surface area contributed by atoms with Gasteiger partial charge in [0.2, 0.25) is 0 Å². The Balaban J connectivity index is 1.83. The van der Waals surface area contributed by atoms with Gasteiger partial charge in [0, 0.05) is 36.4 Å². The standard InChI is InChI=1S/C20H21ClN4O4/c1-25(16(27)12-29-19(28)17-18(22)24-11-10-23-17)20(9-5-4-8-15(20)26)13-6-2-3-7-14(13)21/h2-3,6-7,10-11H,4-5,8-9,12H2,1H3,(H2,22,24)/t20-/m1/s1. The van der Waals surface area contributed by atoms with Crippen LogP contribution in [-0.2, 0) is 19.9 Å². The molecule has 1 aliphatic carbocycles. The summed E-state index contributed by atoms with van der Waals surface area (Å²) in [4.78, 5) is 47.0. The molecule has 1 fully saturated rings. The van der Waals surface area contributed by atoms with E-state index in [2.05, 4.69) is 9.97 Å². The number of halogens is 1. The smallest absolute Gasteiger partial charge is 0.361 e. The average molecular weight is 417 g/mol. The molecule has 0 radical (unpaired) electrons. The number of ether oxygens (including phenoxy) is 1. The molecule has 152 valence electrons. The molecule has 3 rings (SSSR count). The lowest BCUT2D eigenvalue weighted by Crippen LogP contribution is -2.55. The van der Waals surface area contributed by atoms with Gasteiger partial charge in [-0.15, -0.1) is 0 Å². The van der Waals surface area contributed by atoms with E-state index in [1.54, 1.807) is 24.3 Å². The number of anilines is 1. The number of likely N-dealkylation sites (N-methyl/N-ethyl adjacent to an activating group) is 1. The highest BCUT2D eigenvalue weighted by molar-refractivity contribution is 6.31. The molecule has 0 bridgehead atoms. The molecule has 1 atom stereocenters. The zero-order valence-electron chi connectivity index (χ0n) is 15.9. The van der Waals surface area contributed by atoms with Gasteiger partial charge in [-0.1, -0.05) is 29.8 Å². The van der Waals surface area contributed by atoms with E-state index in [4.69, 9.17) is 22.1 Å². The molecule has 1 saturated carbocycles. The lowest BCUT2D eigenvalue weighted by atomic mass is 9.74. The summed E-state index contributed by atoms with van der Waals surface area (Å²) in [6.07, 6.45) is 4.96. The molecule has 1 aromatic carbocycles. The largest absolute Gasteiger partial charge is 0.451 e. The fourth-order valence-corrected chi connectivity index (χ4v) is 3.93. The van der Waals surface area contributed by atoms with Gasteiger partial charge in [0.05, 0.1) is 0 Å². The van der Waals surface area contributed by atoms with Gasteiger partial charge >= 0.3 is 5.97 Å². The summed E-state index contributed by atoms with van der Waals surface area (Å²) in [5.74, 6) is -1.57. The number of hydrogen-bond donors (Lipinski definition) is 1. The highest BCUT2D eigenvalue weighted by Gasteiger charge is 2.48. The minimum atomic E-state index is -1.19. The summed E-state index contributed by atoms with van der Waals surface area (Å²) in [5, 5.41) is 0.409. The number of nitrogens with two attached hydrogens (primary N) is 1. The first-order valence-corrected chi connectivity index (χ1v) is 9.54. The Morgan fingerprint density at radius 2 is 1.97 bits per heavy atom. The number of hydrogen-bond acceptors (Lipinski definition) is 7. The fourth-order valence-electron chi connectivity index (χ4n) is 3.64. The van der Waals surface area contributed by atoms with Crippen molar-refractivity contribution in [3.63, 3.8) is 0 Å². The van der Waals surface area contributed by atoms with Crippen LogP contribution in [0, 0.1) is 0 Å². The number of carbonyl (C=O) groups is 3. The molecule has 9 heteroatoms. The van der Waals surface area contributed by atoms with Crippen LogP contribution in [0.5, 0.6) is 0 Å². The summed E-state index contributed by atoms with van der Waals surface area (Å²) in [6.45, 7) is -0.565. The summed E-state index contributed by atoms with van der Waals surface area (Å²) in [5.41, 5.74) is 4.83. The molecular weight excluding hydrogens is 396 g/mol. The van der Waals surface area contributed by atoms with Crippen molar-refractivity contribution >= 4 is 35.1 Å². The Kier molecular flexibility index (Phi) is 6.12. The predicted octanol–water partition coefficient (Wildman–Crippen LogP) is 2.37. The zero-order valence-corrected chi connectivity index (χ0v) is 16.7. The van der Waals surface area contributed by atoms with E-state index in [1.807, 2.05) is 0 Å². The highest BCUT2D eigenvalue weighted by atomic mass is 35.5. The molecule has 1 heterocycles. The minimum Gasteiger partial charge on any atom is -0.451 e. The molecule has 0 spiro atoms. The van der Waals surface area contributed by atoms with E-state index in [-0.39, 0.29) is 17.3 Å². The van der Waals surface area contributed by atoms with Crippen molar-refractivity contribution in [3.8, 4) is 0 Å². The Morgan fingerprint density at radius 1 is 1.24 bits per heavy atom. The van der Waals surface area contributed by atoms with Crippen LogP contribution in [0.15, 0.2) is 36.7 Å².